The van der Waals surface area contributed by atoms with E-state index in [1.807, 2.05) is 6.08 Å². The molecule has 0 radical (unpaired) electrons. The van der Waals surface area contributed by atoms with Crippen LogP contribution in [0.15, 0.2) is 35.5 Å². The quantitative estimate of drug-likeness (QED) is 0.385. The molecule has 0 N–H and O–H groups in total. The summed E-state index contributed by atoms with van der Waals surface area (Å²) in [6.07, 6.45) is 10.0. The van der Waals surface area contributed by atoms with Gasteiger partial charge in [0.05, 0.1) is 0 Å². The van der Waals surface area contributed by atoms with E-state index in [0.29, 0.717) is 0 Å². The highest BCUT2D eigenvalue weighted by molar-refractivity contribution is 5.35. The average Bonchev–Trinajstić information content (AvgIpc) is 2.27. The molecule has 0 aromatic carbocycles. The van der Waals surface area contributed by atoms with Crippen molar-refractivity contribution in [3.63, 3.8) is 0 Å². The number of allylic oxidation sites excluding steroid dienone is 5. The lowest BCUT2D eigenvalue weighted by Gasteiger charge is -2.14. The molecule has 0 aromatic rings. The molecule has 0 aromatic heterocycles. The van der Waals surface area contributed by atoms with E-state index in [9.17, 15) is 0 Å². The summed E-state index contributed by atoms with van der Waals surface area (Å²) in [5.41, 5.74) is 4.68. The van der Waals surface area contributed by atoms with Gasteiger partial charge in [-0.2, -0.15) is 0 Å². The van der Waals surface area contributed by atoms with Crippen molar-refractivity contribution in [2.24, 2.45) is 0 Å². The highest BCUT2D eigenvalue weighted by Gasteiger charge is 2.06. The Hall–Kier alpha value is -0.780. The van der Waals surface area contributed by atoms with Gasteiger partial charge in [0, 0.05) is 0 Å². The van der Waals surface area contributed by atoms with Crippen LogP contribution in [0.3, 0.4) is 0 Å². The van der Waals surface area contributed by atoms with Crippen molar-refractivity contribution in [2.45, 2.75) is 59.8 Å². The lowest BCUT2D eigenvalue weighted by Crippen LogP contribution is -1.94. The largest absolute Gasteiger partial charge is 0.103 e. The van der Waals surface area contributed by atoms with Gasteiger partial charge < -0.3 is 0 Å². The van der Waals surface area contributed by atoms with Gasteiger partial charge in [0.25, 0.3) is 0 Å². The molecule has 0 atom stereocenters. The van der Waals surface area contributed by atoms with Gasteiger partial charge in [-0.3, -0.25) is 0 Å². The standard InChI is InChI=1S/C15H26/c1-6-11-13(8-3)15(10-5)14(9-4)12-7-2/h6,12H,1,7-11H2,2-5H3. The van der Waals surface area contributed by atoms with Crippen LogP contribution in [0.25, 0.3) is 0 Å². The highest BCUT2D eigenvalue weighted by Crippen LogP contribution is 2.25. The molecule has 0 amide bonds. The minimum Gasteiger partial charge on any atom is -0.103 e. The zero-order valence-corrected chi connectivity index (χ0v) is 10.9. The third kappa shape index (κ3) is 4.51. The second-order valence-corrected chi connectivity index (χ2v) is 3.77. The summed E-state index contributed by atoms with van der Waals surface area (Å²) >= 11 is 0. The van der Waals surface area contributed by atoms with E-state index in [1.165, 1.54) is 0 Å². The van der Waals surface area contributed by atoms with Crippen LogP contribution >= 0.6 is 0 Å². The second kappa shape index (κ2) is 8.52. The van der Waals surface area contributed by atoms with Gasteiger partial charge in [0.1, 0.15) is 0 Å². The molecule has 0 saturated heterocycles. The fourth-order valence-electron chi connectivity index (χ4n) is 2.09. The smallest absolute Gasteiger partial charge is 0.0136 e. The molecule has 0 aliphatic heterocycles. The maximum absolute atomic E-state index is 3.84. The topological polar surface area (TPSA) is 0 Å². The molecular formula is C15H26. The summed E-state index contributed by atoms with van der Waals surface area (Å²) in [6.45, 7) is 12.8. The zero-order chi connectivity index (χ0) is 11.7. The van der Waals surface area contributed by atoms with Crippen LogP contribution in [-0.4, -0.2) is 0 Å². The lowest BCUT2D eigenvalue weighted by molar-refractivity contribution is 0.920. The monoisotopic (exact) mass is 206 g/mol. The summed E-state index contributed by atoms with van der Waals surface area (Å²) in [4.78, 5) is 0. The average molecular weight is 206 g/mol. The Kier molecular flexibility index (Phi) is 8.08. The Balaban J connectivity index is 5.12. The van der Waals surface area contributed by atoms with Crippen molar-refractivity contribution in [3.05, 3.63) is 35.5 Å². The van der Waals surface area contributed by atoms with E-state index in [4.69, 9.17) is 0 Å². The predicted molar refractivity (Wildman–Crippen MR) is 71.1 cm³/mol. The second-order valence-electron chi connectivity index (χ2n) is 3.77. The van der Waals surface area contributed by atoms with Crippen molar-refractivity contribution in [3.8, 4) is 0 Å². The van der Waals surface area contributed by atoms with E-state index in [0.717, 1.165) is 32.1 Å². The van der Waals surface area contributed by atoms with Crippen LogP contribution in [0.2, 0.25) is 0 Å². The van der Waals surface area contributed by atoms with Gasteiger partial charge in [-0.15, -0.1) is 6.58 Å². The first-order valence-corrected chi connectivity index (χ1v) is 6.26. The van der Waals surface area contributed by atoms with E-state index >= 15 is 0 Å². The molecule has 0 aliphatic carbocycles. The Morgan fingerprint density at radius 1 is 1.00 bits per heavy atom. The minimum atomic E-state index is 1.04. The van der Waals surface area contributed by atoms with Crippen LogP contribution < -0.4 is 0 Å². The Morgan fingerprint density at radius 2 is 1.67 bits per heavy atom. The van der Waals surface area contributed by atoms with E-state index in [1.54, 1.807) is 16.7 Å². The van der Waals surface area contributed by atoms with Gasteiger partial charge in [0.2, 0.25) is 0 Å². The minimum absolute atomic E-state index is 1.04. The summed E-state index contributed by atoms with van der Waals surface area (Å²) in [7, 11) is 0. The molecule has 0 spiro atoms. The normalized spacial score (nSPS) is 13.7. The molecular weight excluding hydrogens is 180 g/mol. The fourth-order valence-corrected chi connectivity index (χ4v) is 2.09. The molecule has 86 valence electrons. The number of hydrogen-bond donors (Lipinski definition) is 0. The predicted octanol–water partition coefficient (Wildman–Crippen LogP) is 5.43. The van der Waals surface area contributed by atoms with Crippen molar-refractivity contribution < 1.29 is 0 Å². The Morgan fingerprint density at radius 3 is 2.00 bits per heavy atom. The summed E-state index contributed by atoms with van der Waals surface area (Å²) in [5.74, 6) is 0. The molecule has 0 heterocycles. The van der Waals surface area contributed by atoms with E-state index < -0.39 is 0 Å². The van der Waals surface area contributed by atoms with Crippen LogP contribution in [0.5, 0.6) is 0 Å². The molecule has 0 bridgehead atoms. The molecule has 0 unspecified atom stereocenters. The zero-order valence-electron chi connectivity index (χ0n) is 10.9. The van der Waals surface area contributed by atoms with E-state index in [-0.39, 0.29) is 0 Å². The number of rotatable bonds is 7. The Bertz CT molecular complexity index is 241. The van der Waals surface area contributed by atoms with Gasteiger partial charge in [-0.1, -0.05) is 45.4 Å². The lowest BCUT2D eigenvalue weighted by atomic mass is 9.92. The van der Waals surface area contributed by atoms with Gasteiger partial charge in [-0.25, -0.2) is 0 Å². The van der Waals surface area contributed by atoms with Crippen molar-refractivity contribution in [1.82, 2.24) is 0 Å². The molecule has 0 nitrogen and oxygen atoms in total. The summed E-state index contributed by atoms with van der Waals surface area (Å²) in [6, 6.07) is 0. The summed E-state index contributed by atoms with van der Waals surface area (Å²) in [5, 5.41) is 0. The first-order valence-electron chi connectivity index (χ1n) is 6.26. The third-order valence-electron chi connectivity index (χ3n) is 2.82. The van der Waals surface area contributed by atoms with Gasteiger partial charge in [0.15, 0.2) is 0 Å². The molecule has 0 rings (SSSR count). The van der Waals surface area contributed by atoms with Gasteiger partial charge in [-0.05, 0) is 43.3 Å². The molecule has 15 heavy (non-hydrogen) atoms. The van der Waals surface area contributed by atoms with Gasteiger partial charge >= 0.3 is 0 Å². The van der Waals surface area contributed by atoms with Crippen LogP contribution in [-0.2, 0) is 0 Å². The third-order valence-corrected chi connectivity index (χ3v) is 2.82. The van der Waals surface area contributed by atoms with Crippen molar-refractivity contribution >= 4 is 0 Å². The van der Waals surface area contributed by atoms with Crippen molar-refractivity contribution in [2.75, 3.05) is 0 Å². The van der Waals surface area contributed by atoms with Crippen LogP contribution in [0.4, 0.5) is 0 Å². The van der Waals surface area contributed by atoms with Crippen LogP contribution in [0.1, 0.15) is 59.8 Å². The fraction of sp³-hybridized carbons (Fsp3) is 0.600. The highest BCUT2D eigenvalue weighted by atomic mass is 14.1. The van der Waals surface area contributed by atoms with E-state index in [2.05, 4.69) is 40.3 Å². The number of hydrogen-bond acceptors (Lipinski definition) is 0. The SMILES string of the molecule is C=CCC(CC)=C(CC)C(=CCC)CC. The molecule has 0 saturated carbocycles. The Labute approximate surface area is 95.8 Å². The molecule has 0 heteroatoms. The maximum Gasteiger partial charge on any atom is -0.0136 e. The summed E-state index contributed by atoms with van der Waals surface area (Å²) < 4.78 is 0. The first-order chi connectivity index (χ1) is 7.24. The van der Waals surface area contributed by atoms with Crippen LogP contribution in [0, 0.1) is 0 Å². The maximum atomic E-state index is 3.84. The van der Waals surface area contributed by atoms with Crippen molar-refractivity contribution in [1.29, 1.82) is 0 Å². The molecule has 0 aliphatic rings. The molecule has 0 fully saturated rings. The first kappa shape index (κ1) is 14.2.